The highest BCUT2D eigenvalue weighted by molar-refractivity contribution is 8.01. The van der Waals surface area contributed by atoms with E-state index in [0.717, 1.165) is 11.8 Å². The first-order valence-corrected chi connectivity index (χ1v) is 8.45. The van der Waals surface area contributed by atoms with Gasteiger partial charge in [-0.2, -0.15) is 9.97 Å². The monoisotopic (exact) mass is 366 g/mol. The molecule has 1 aromatic carbocycles. The van der Waals surface area contributed by atoms with E-state index in [4.69, 9.17) is 16.2 Å². The van der Waals surface area contributed by atoms with E-state index in [-0.39, 0.29) is 11.6 Å². The number of amides is 1. The van der Waals surface area contributed by atoms with Crippen molar-refractivity contribution in [1.82, 2.24) is 9.97 Å². The van der Waals surface area contributed by atoms with Crippen molar-refractivity contribution in [3.63, 3.8) is 0 Å². The third kappa shape index (κ3) is 3.29. The van der Waals surface area contributed by atoms with Crippen molar-refractivity contribution in [3.05, 3.63) is 35.4 Å². The Morgan fingerprint density at radius 3 is 2.80 bits per heavy atom. The number of fused-ring (bicyclic) bond motifs is 1. The maximum atomic E-state index is 13.0. The van der Waals surface area contributed by atoms with Gasteiger partial charge in [0, 0.05) is 16.7 Å². The molecule has 2 aromatic rings. The summed E-state index contributed by atoms with van der Waals surface area (Å²) in [5.74, 6) is -0.569. The van der Waals surface area contributed by atoms with Crippen LogP contribution in [0.1, 0.15) is 30.5 Å². The SMILES string of the molecule is CCOc1nc2c(c(-c3cccc(C(F)F)c3)n1)C(N)C(C(N)=O)S2. The summed E-state index contributed by atoms with van der Waals surface area (Å²) in [4.78, 5) is 20.2. The number of rotatable bonds is 5. The van der Waals surface area contributed by atoms with Crippen LogP contribution in [0.3, 0.4) is 0 Å². The van der Waals surface area contributed by atoms with E-state index < -0.39 is 23.6 Å². The minimum Gasteiger partial charge on any atom is -0.464 e. The summed E-state index contributed by atoms with van der Waals surface area (Å²) >= 11 is 1.13. The third-order valence-corrected chi connectivity index (χ3v) is 5.07. The van der Waals surface area contributed by atoms with Crippen LogP contribution in [0.15, 0.2) is 29.3 Å². The Hall–Kier alpha value is -2.26. The van der Waals surface area contributed by atoms with Crippen LogP contribution < -0.4 is 16.2 Å². The lowest BCUT2D eigenvalue weighted by Gasteiger charge is -2.14. The molecule has 3 rings (SSSR count). The molecule has 1 amide bonds. The number of nitrogens with two attached hydrogens (primary N) is 2. The van der Waals surface area contributed by atoms with Gasteiger partial charge in [0.1, 0.15) is 10.3 Å². The standard InChI is InChI=1S/C16H16F2N4O2S/c1-2-24-16-21-11(7-4-3-5-8(6-7)13(17)18)9-10(19)12(14(20)23)25-15(9)22-16/h3-6,10,12-13H,2,19H2,1H3,(H2,20,23). The third-order valence-electron chi connectivity index (χ3n) is 3.75. The van der Waals surface area contributed by atoms with Crippen molar-refractivity contribution in [1.29, 1.82) is 0 Å². The number of alkyl halides is 2. The first kappa shape index (κ1) is 17.6. The molecular weight excluding hydrogens is 350 g/mol. The fourth-order valence-corrected chi connectivity index (χ4v) is 3.76. The predicted molar refractivity (Wildman–Crippen MR) is 89.4 cm³/mol. The highest BCUT2D eigenvalue weighted by Gasteiger charge is 2.39. The summed E-state index contributed by atoms with van der Waals surface area (Å²) in [6.07, 6.45) is -2.61. The number of nitrogens with zero attached hydrogens (tertiary/aromatic N) is 2. The molecule has 0 saturated carbocycles. The molecule has 132 valence electrons. The summed E-state index contributed by atoms with van der Waals surface area (Å²) in [5.41, 5.74) is 12.8. The normalized spacial score (nSPS) is 19.1. The number of primary amides is 1. The Balaban J connectivity index is 2.16. The number of hydrogen-bond acceptors (Lipinski definition) is 6. The largest absolute Gasteiger partial charge is 0.464 e. The van der Waals surface area contributed by atoms with Gasteiger partial charge in [-0.1, -0.05) is 30.0 Å². The Bertz CT molecular complexity index is 819. The summed E-state index contributed by atoms with van der Waals surface area (Å²) in [7, 11) is 0. The Morgan fingerprint density at radius 2 is 2.16 bits per heavy atom. The molecule has 0 spiro atoms. The number of carbonyl (C=O) groups is 1. The maximum absolute atomic E-state index is 13.0. The number of benzene rings is 1. The highest BCUT2D eigenvalue weighted by atomic mass is 32.2. The van der Waals surface area contributed by atoms with Crippen LogP contribution in [-0.2, 0) is 4.79 Å². The zero-order valence-corrected chi connectivity index (χ0v) is 14.1. The fourth-order valence-electron chi connectivity index (χ4n) is 2.63. The van der Waals surface area contributed by atoms with Gasteiger partial charge in [-0.05, 0) is 13.0 Å². The van der Waals surface area contributed by atoms with Crippen LogP contribution in [0.25, 0.3) is 11.3 Å². The van der Waals surface area contributed by atoms with E-state index in [1.165, 1.54) is 18.2 Å². The minimum atomic E-state index is -2.61. The molecule has 6 nitrogen and oxygen atoms in total. The van der Waals surface area contributed by atoms with Crippen LogP contribution >= 0.6 is 11.8 Å². The summed E-state index contributed by atoms with van der Waals surface area (Å²) in [5, 5.41) is -0.217. The average molecular weight is 366 g/mol. The molecule has 0 bridgehead atoms. The van der Waals surface area contributed by atoms with Gasteiger partial charge in [0.25, 0.3) is 6.43 Å². The molecule has 0 radical (unpaired) electrons. The first-order chi connectivity index (χ1) is 11.9. The van der Waals surface area contributed by atoms with Crippen LogP contribution in [0.2, 0.25) is 0 Å². The molecule has 0 fully saturated rings. The Kier molecular flexibility index (Phi) is 4.87. The Morgan fingerprint density at radius 1 is 1.40 bits per heavy atom. The van der Waals surface area contributed by atoms with E-state index in [9.17, 15) is 13.6 Å². The molecule has 1 aliphatic heterocycles. The second-order valence-corrected chi connectivity index (χ2v) is 6.53. The lowest BCUT2D eigenvalue weighted by atomic mass is 9.98. The van der Waals surface area contributed by atoms with E-state index in [1.807, 2.05) is 0 Å². The van der Waals surface area contributed by atoms with E-state index >= 15 is 0 Å². The maximum Gasteiger partial charge on any atom is 0.318 e. The lowest BCUT2D eigenvalue weighted by molar-refractivity contribution is -0.117. The van der Waals surface area contributed by atoms with Crippen LogP contribution in [0.4, 0.5) is 8.78 Å². The van der Waals surface area contributed by atoms with Crippen molar-refractivity contribution < 1.29 is 18.3 Å². The molecule has 1 aliphatic rings. The van der Waals surface area contributed by atoms with Crippen LogP contribution in [-0.4, -0.2) is 27.7 Å². The number of hydrogen-bond donors (Lipinski definition) is 2. The molecule has 9 heteroatoms. The second kappa shape index (κ2) is 6.93. The second-order valence-electron chi connectivity index (χ2n) is 5.40. The summed E-state index contributed by atoms with van der Waals surface area (Å²) in [6.45, 7) is 2.12. The average Bonchev–Trinajstić information content (AvgIpc) is 2.92. The van der Waals surface area contributed by atoms with E-state index in [0.29, 0.717) is 28.5 Å². The van der Waals surface area contributed by atoms with Crippen molar-refractivity contribution in [2.75, 3.05) is 6.61 Å². The van der Waals surface area contributed by atoms with Gasteiger partial charge >= 0.3 is 6.01 Å². The highest BCUT2D eigenvalue weighted by Crippen LogP contribution is 2.46. The molecule has 25 heavy (non-hydrogen) atoms. The Labute approximate surface area is 147 Å². The minimum absolute atomic E-state index is 0.100. The van der Waals surface area contributed by atoms with Crippen molar-refractivity contribution in [3.8, 4) is 17.3 Å². The zero-order chi connectivity index (χ0) is 18.1. The molecule has 0 saturated heterocycles. The van der Waals surface area contributed by atoms with Crippen molar-refractivity contribution in [2.24, 2.45) is 11.5 Å². The van der Waals surface area contributed by atoms with Gasteiger partial charge in [0.2, 0.25) is 5.91 Å². The predicted octanol–water partition coefficient (Wildman–Crippen LogP) is 2.44. The number of thioether (sulfide) groups is 1. The molecule has 2 unspecified atom stereocenters. The molecule has 1 aromatic heterocycles. The van der Waals surface area contributed by atoms with Crippen LogP contribution in [0.5, 0.6) is 6.01 Å². The summed E-state index contributed by atoms with van der Waals surface area (Å²) in [6, 6.07) is 5.23. The number of carbonyl (C=O) groups excluding carboxylic acids is 1. The zero-order valence-electron chi connectivity index (χ0n) is 13.3. The van der Waals surface area contributed by atoms with Gasteiger partial charge in [-0.3, -0.25) is 4.79 Å². The quantitative estimate of drug-likeness (QED) is 0.788. The molecule has 2 atom stereocenters. The molecular formula is C16H16F2N4O2S. The summed E-state index contributed by atoms with van der Waals surface area (Å²) < 4.78 is 31.4. The van der Waals surface area contributed by atoms with Gasteiger partial charge in [0.15, 0.2) is 0 Å². The lowest BCUT2D eigenvalue weighted by Crippen LogP contribution is -2.33. The smallest absolute Gasteiger partial charge is 0.318 e. The van der Waals surface area contributed by atoms with Gasteiger partial charge in [0.05, 0.1) is 18.3 Å². The number of ether oxygens (including phenoxy) is 1. The molecule has 0 aliphatic carbocycles. The van der Waals surface area contributed by atoms with Crippen molar-refractivity contribution in [2.45, 2.75) is 29.7 Å². The van der Waals surface area contributed by atoms with Gasteiger partial charge in [-0.15, -0.1) is 0 Å². The first-order valence-electron chi connectivity index (χ1n) is 7.57. The van der Waals surface area contributed by atoms with Crippen LogP contribution in [0, 0.1) is 0 Å². The van der Waals surface area contributed by atoms with Gasteiger partial charge < -0.3 is 16.2 Å². The topological polar surface area (TPSA) is 104 Å². The van der Waals surface area contributed by atoms with Crippen molar-refractivity contribution >= 4 is 17.7 Å². The molecule has 4 N–H and O–H groups in total. The number of aromatic nitrogens is 2. The van der Waals surface area contributed by atoms with E-state index in [1.54, 1.807) is 13.0 Å². The number of halogens is 2. The van der Waals surface area contributed by atoms with E-state index in [2.05, 4.69) is 9.97 Å². The van der Waals surface area contributed by atoms with Gasteiger partial charge in [-0.25, -0.2) is 8.78 Å². The fraction of sp³-hybridized carbons (Fsp3) is 0.312. The molecule has 2 heterocycles.